The molecule has 98 valence electrons. The number of aromatic nitrogens is 2. The van der Waals surface area contributed by atoms with E-state index in [9.17, 15) is 9.59 Å². The lowest BCUT2D eigenvalue weighted by atomic mass is 10.2. The number of carbonyl (C=O) groups excluding carboxylic acids is 1. The van der Waals surface area contributed by atoms with E-state index in [1.54, 1.807) is 4.90 Å². The summed E-state index contributed by atoms with van der Waals surface area (Å²) in [6, 6.07) is 12.2. The Morgan fingerprint density at radius 1 is 1.21 bits per heavy atom. The first kappa shape index (κ1) is 13.0. The van der Waals surface area contributed by atoms with Gasteiger partial charge in [-0.1, -0.05) is 18.2 Å². The van der Waals surface area contributed by atoms with E-state index in [2.05, 4.69) is 5.10 Å². The van der Waals surface area contributed by atoms with Gasteiger partial charge in [0.2, 0.25) is 0 Å². The fourth-order valence-electron chi connectivity index (χ4n) is 1.81. The number of carbonyl (C=O) groups is 1. The molecule has 0 saturated heterocycles. The number of amides is 1. The maximum absolute atomic E-state index is 12.4. The molecule has 0 unspecified atom stereocenters. The summed E-state index contributed by atoms with van der Waals surface area (Å²) >= 11 is 0. The molecule has 1 aromatic carbocycles. The van der Waals surface area contributed by atoms with Crippen LogP contribution in [0.4, 0.5) is 5.69 Å². The number of benzene rings is 1. The largest absolute Gasteiger partial charge is 0.307 e. The molecule has 1 amide bonds. The van der Waals surface area contributed by atoms with E-state index >= 15 is 0 Å². The Kier molecular flexibility index (Phi) is 3.75. The number of rotatable bonds is 3. The fourth-order valence-corrected chi connectivity index (χ4v) is 1.81. The summed E-state index contributed by atoms with van der Waals surface area (Å²) in [5, 5.41) is 3.98. The van der Waals surface area contributed by atoms with Gasteiger partial charge in [-0.15, -0.1) is 0 Å². The Labute approximate surface area is 111 Å². The van der Waals surface area contributed by atoms with E-state index in [4.69, 9.17) is 0 Å². The van der Waals surface area contributed by atoms with Crippen molar-refractivity contribution in [2.45, 2.75) is 6.92 Å². The molecule has 0 N–H and O–H groups in total. The average Bonchev–Trinajstić information content (AvgIpc) is 2.44. The van der Waals surface area contributed by atoms with Gasteiger partial charge in [-0.05, 0) is 25.1 Å². The highest BCUT2D eigenvalue weighted by Crippen LogP contribution is 2.15. The number of aryl methyl sites for hydroxylation is 1. The molecule has 0 spiro atoms. The molecular formula is C14H15N3O2. The number of para-hydroxylation sites is 1. The summed E-state index contributed by atoms with van der Waals surface area (Å²) in [7, 11) is 1.53. The molecule has 0 radical (unpaired) electrons. The van der Waals surface area contributed by atoms with Gasteiger partial charge < -0.3 is 4.90 Å². The minimum absolute atomic E-state index is 0.218. The quantitative estimate of drug-likeness (QED) is 0.836. The lowest BCUT2D eigenvalue weighted by Gasteiger charge is -2.20. The number of anilines is 1. The molecule has 0 atom stereocenters. The van der Waals surface area contributed by atoms with E-state index in [0.29, 0.717) is 6.54 Å². The maximum Gasteiger partial charge on any atom is 0.278 e. The second kappa shape index (κ2) is 5.48. The molecule has 0 aliphatic carbocycles. The van der Waals surface area contributed by atoms with Crippen LogP contribution in [0.5, 0.6) is 0 Å². The van der Waals surface area contributed by atoms with Gasteiger partial charge >= 0.3 is 0 Å². The first-order valence-corrected chi connectivity index (χ1v) is 6.04. The van der Waals surface area contributed by atoms with Gasteiger partial charge in [0.05, 0.1) is 0 Å². The molecule has 0 fully saturated rings. The van der Waals surface area contributed by atoms with Crippen LogP contribution in [-0.4, -0.2) is 22.2 Å². The third-order valence-corrected chi connectivity index (χ3v) is 2.81. The third-order valence-electron chi connectivity index (χ3n) is 2.81. The Hall–Kier alpha value is -2.43. The van der Waals surface area contributed by atoms with Crippen molar-refractivity contribution in [3.63, 3.8) is 0 Å². The molecule has 0 saturated carbocycles. The van der Waals surface area contributed by atoms with E-state index in [-0.39, 0.29) is 17.2 Å². The Balaban J connectivity index is 2.36. The molecule has 0 aliphatic rings. The Bertz CT molecular complexity index is 635. The highest BCUT2D eigenvalue weighted by Gasteiger charge is 2.17. The lowest BCUT2D eigenvalue weighted by molar-refractivity contribution is 0.0981. The summed E-state index contributed by atoms with van der Waals surface area (Å²) in [4.78, 5) is 25.3. The van der Waals surface area contributed by atoms with Gasteiger partial charge in [0.25, 0.3) is 11.5 Å². The van der Waals surface area contributed by atoms with Gasteiger partial charge in [0.1, 0.15) is 5.69 Å². The van der Waals surface area contributed by atoms with Crippen LogP contribution in [0.25, 0.3) is 0 Å². The highest BCUT2D eigenvalue weighted by atomic mass is 16.2. The van der Waals surface area contributed by atoms with Crippen molar-refractivity contribution in [2.75, 3.05) is 11.4 Å². The number of hydrogen-bond donors (Lipinski definition) is 0. The molecule has 0 bridgehead atoms. The van der Waals surface area contributed by atoms with E-state index in [0.717, 1.165) is 10.4 Å². The molecule has 2 aromatic rings. The van der Waals surface area contributed by atoms with E-state index in [1.807, 2.05) is 37.3 Å². The zero-order valence-corrected chi connectivity index (χ0v) is 10.9. The number of nitrogens with zero attached hydrogens (tertiary/aromatic N) is 3. The first-order chi connectivity index (χ1) is 9.13. The summed E-state index contributed by atoms with van der Waals surface area (Å²) < 4.78 is 1.16. The monoisotopic (exact) mass is 257 g/mol. The van der Waals surface area contributed by atoms with Gasteiger partial charge in [-0.3, -0.25) is 9.59 Å². The van der Waals surface area contributed by atoms with Crippen molar-refractivity contribution < 1.29 is 4.79 Å². The van der Waals surface area contributed by atoms with Crippen molar-refractivity contribution in [2.24, 2.45) is 7.05 Å². The molecule has 1 aromatic heterocycles. The SMILES string of the molecule is CCN(C(=O)c1ccc(=O)n(C)n1)c1ccccc1. The first-order valence-electron chi connectivity index (χ1n) is 6.04. The second-order valence-corrected chi connectivity index (χ2v) is 4.07. The summed E-state index contributed by atoms with van der Waals surface area (Å²) in [5.74, 6) is -0.218. The summed E-state index contributed by atoms with van der Waals surface area (Å²) in [5.41, 5.74) is 0.831. The average molecular weight is 257 g/mol. The topological polar surface area (TPSA) is 55.2 Å². The van der Waals surface area contributed by atoms with Gasteiger partial charge in [0, 0.05) is 25.3 Å². The molecular weight excluding hydrogens is 242 g/mol. The molecule has 5 nitrogen and oxygen atoms in total. The lowest BCUT2D eigenvalue weighted by Crippen LogP contribution is -2.33. The van der Waals surface area contributed by atoms with Crippen molar-refractivity contribution in [1.29, 1.82) is 0 Å². The molecule has 5 heteroatoms. The van der Waals surface area contributed by atoms with Crippen molar-refractivity contribution in [3.8, 4) is 0 Å². The smallest absolute Gasteiger partial charge is 0.278 e. The standard InChI is InChI=1S/C14H15N3O2/c1-3-17(11-7-5-4-6-8-11)14(19)12-9-10-13(18)16(2)15-12/h4-10H,3H2,1-2H3. The summed E-state index contributed by atoms with van der Waals surface area (Å²) in [6.07, 6.45) is 0. The predicted octanol–water partition coefficient (Wildman–Crippen LogP) is 1.45. The third kappa shape index (κ3) is 2.70. The minimum atomic E-state index is -0.237. The van der Waals surface area contributed by atoms with E-state index in [1.165, 1.54) is 19.2 Å². The minimum Gasteiger partial charge on any atom is -0.307 e. The fraction of sp³-hybridized carbons (Fsp3) is 0.214. The normalized spacial score (nSPS) is 10.2. The van der Waals surface area contributed by atoms with Crippen LogP contribution >= 0.6 is 0 Å². The summed E-state index contributed by atoms with van der Waals surface area (Å²) in [6.45, 7) is 2.43. The van der Waals surface area contributed by atoms with Crippen LogP contribution in [0.2, 0.25) is 0 Å². The molecule has 1 heterocycles. The number of hydrogen-bond acceptors (Lipinski definition) is 3. The molecule has 2 rings (SSSR count). The van der Waals surface area contributed by atoms with Crippen LogP contribution in [0, 0.1) is 0 Å². The van der Waals surface area contributed by atoms with Crippen LogP contribution in [0.1, 0.15) is 17.4 Å². The van der Waals surface area contributed by atoms with Crippen LogP contribution < -0.4 is 10.5 Å². The van der Waals surface area contributed by atoms with Gasteiger partial charge in [-0.2, -0.15) is 5.10 Å². The maximum atomic E-state index is 12.4. The molecule has 0 aliphatic heterocycles. The zero-order valence-electron chi connectivity index (χ0n) is 10.9. The van der Waals surface area contributed by atoms with Crippen molar-refractivity contribution >= 4 is 11.6 Å². The highest BCUT2D eigenvalue weighted by molar-refractivity contribution is 6.04. The van der Waals surface area contributed by atoms with Crippen LogP contribution in [0.3, 0.4) is 0 Å². The van der Waals surface area contributed by atoms with Gasteiger partial charge in [-0.25, -0.2) is 4.68 Å². The van der Waals surface area contributed by atoms with E-state index < -0.39 is 0 Å². The molecule has 19 heavy (non-hydrogen) atoms. The zero-order chi connectivity index (χ0) is 13.8. The van der Waals surface area contributed by atoms with Crippen LogP contribution in [0.15, 0.2) is 47.3 Å². The second-order valence-electron chi connectivity index (χ2n) is 4.07. The van der Waals surface area contributed by atoms with Crippen molar-refractivity contribution in [3.05, 3.63) is 58.5 Å². The van der Waals surface area contributed by atoms with Crippen molar-refractivity contribution in [1.82, 2.24) is 9.78 Å². The Morgan fingerprint density at radius 2 is 1.89 bits per heavy atom. The predicted molar refractivity (Wildman–Crippen MR) is 73.3 cm³/mol. The van der Waals surface area contributed by atoms with Crippen LogP contribution in [-0.2, 0) is 7.05 Å². The van der Waals surface area contributed by atoms with Gasteiger partial charge in [0.15, 0.2) is 0 Å². The Morgan fingerprint density at radius 3 is 2.47 bits per heavy atom.